The number of rotatable bonds is 1. The number of fused-ring (bicyclic) bond motifs is 1. The Bertz CT molecular complexity index is 386. The van der Waals surface area contributed by atoms with E-state index in [4.69, 9.17) is 0 Å². The van der Waals surface area contributed by atoms with Gasteiger partial charge in [0.15, 0.2) is 0 Å². The molecule has 0 fully saturated rings. The van der Waals surface area contributed by atoms with Crippen molar-refractivity contribution in [3.63, 3.8) is 0 Å². The van der Waals surface area contributed by atoms with Crippen LogP contribution in [0.25, 0.3) is 0 Å². The average Bonchev–Trinajstić information content (AvgIpc) is 2.27. The molecular formula is C13H17NO. The number of hydrogen-bond acceptors (Lipinski definition) is 1. The Morgan fingerprint density at radius 2 is 1.93 bits per heavy atom. The third-order valence-electron chi connectivity index (χ3n) is 3.50. The summed E-state index contributed by atoms with van der Waals surface area (Å²) in [5, 5.41) is 0. The lowest BCUT2D eigenvalue weighted by atomic mass is 9.85. The van der Waals surface area contributed by atoms with Gasteiger partial charge in [0.05, 0.1) is 0 Å². The lowest BCUT2D eigenvalue weighted by Crippen LogP contribution is -2.45. The Hall–Kier alpha value is -1.31. The van der Waals surface area contributed by atoms with E-state index in [1.807, 2.05) is 30.0 Å². The maximum Gasteiger partial charge on any atom is 0.254 e. The van der Waals surface area contributed by atoms with Crippen molar-refractivity contribution in [2.75, 3.05) is 6.54 Å². The van der Waals surface area contributed by atoms with Gasteiger partial charge in [-0.05, 0) is 25.5 Å². The van der Waals surface area contributed by atoms with Crippen molar-refractivity contribution in [1.29, 1.82) is 0 Å². The van der Waals surface area contributed by atoms with Gasteiger partial charge in [0.25, 0.3) is 5.91 Å². The average molecular weight is 203 g/mol. The van der Waals surface area contributed by atoms with Crippen LogP contribution in [0.2, 0.25) is 0 Å². The molecule has 0 radical (unpaired) electrons. The van der Waals surface area contributed by atoms with Crippen molar-refractivity contribution >= 4 is 5.91 Å². The monoisotopic (exact) mass is 203 g/mol. The van der Waals surface area contributed by atoms with Gasteiger partial charge in [-0.25, -0.2) is 0 Å². The van der Waals surface area contributed by atoms with Crippen molar-refractivity contribution in [3.8, 4) is 0 Å². The highest BCUT2D eigenvalue weighted by Gasteiger charge is 2.33. The largest absolute Gasteiger partial charge is 0.336 e. The zero-order valence-corrected chi connectivity index (χ0v) is 9.53. The van der Waals surface area contributed by atoms with Gasteiger partial charge in [-0.15, -0.1) is 0 Å². The molecule has 1 aliphatic heterocycles. The first-order valence-corrected chi connectivity index (χ1v) is 5.56. The maximum absolute atomic E-state index is 12.1. The minimum atomic E-state index is 0.179. The SMILES string of the molecule is CCN1C(=O)c2ccccc2C(C)C1C. The summed E-state index contributed by atoms with van der Waals surface area (Å²) < 4.78 is 0. The lowest BCUT2D eigenvalue weighted by molar-refractivity contribution is 0.0652. The summed E-state index contributed by atoms with van der Waals surface area (Å²) in [7, 11) is 0. The number of amides is 1. The molecule has 0 bridgehead atoms. The van der Waals surface area contributed by atoms with E-state index >= 15 is 0 Å². The first-order chi connectivity index (χ1) is 7.16. The molecule has 0 aromatic heterocycles. The zero-order valence-electron chi connectivity index (χ0n) is 9.53. The number of benzene rings is 1. The zero-order chi connectivity index (χ0) is 11.0. The van der Waals surface area contributed by atoms with E-state index in [2.05, 4.69) is 19.9 Å². The van der Waals surface area contributed by atoms with E-state index < -0.39 is 0 Å². The molecule has 1 amide bonds. The highest BCUT2D eigenvalue weighted by atomic mass is 16.2. The van der Waals surface area contributed by atoms with Crippen LogP contribution in [0.1, 0.15) is 42.6 Å². The molecule has 1 heterocycles. The van der Waals surface area contributed by atoms with E-state index in [-0.39, 0.29) is 5.91 Å². The third kappa shape index (κ3) is 1.44. The van der Waals surface area contributed by atoms with Crippen LogP contribution in [0, 0.1) is 0 Å². The third-order valence-corrected chi connectivity index (χ3v) is 3.50. The summed E-state index contributed by atoms with van der Waals surface area (Å²) in [6, 6.07) is 8.26. The molecule has 15 heavy (non-hydrogen) atoms. The van der Waals surface area contributed by atoms with Crippen molar-refractivity contribution < 1.29 is 4.79 Å². The summed E-state index contributed by atoms with van der Waals surface area (Å²) >= 11 is 0. The number of hydrogen-bond donors (Lipinski definition) is 0. The molecule has 0 spiro atoms. The molecule has 0 aliphatic carbocycles. The van der Waals surface area contributed by atoms with Gasteiger partial charge in [0, 0.05) is 24.1 Å². The molecule has 2 heteroatoms. The van der Waals surface area contributed by atoms with Crippen LogP contribution in [-0.4, -0.2) is 23.4 Å². The standard InChI is InChI=1S/C13H17NO/c1-4-14-10(3)9(2)11-7-5-6-8-12(11)13(14)15/h5-10H,4H2,1-3H3. The van der Waals surface area contributed by atoms with Crippen molar-refractivity contribution in [3.05, 3.63) is 35.4 Å². The van der Waals surface area contributed by atoms with Gasteiger partial charge < -0.3 is 4.90 Å². The van der Waals surface area contributed by atoms with Crippen molar-refractivity contribution in [2.24, 2.45) is 0 Å². The van der Waals surface area contributed by atoms with E-state index in [0.29, 0.717) is 12.0 Å². The second-order valence-electron chi connectivity index (χ2n) is 4.21. The lowest BCUT2D eigenvalue weighted by Gasteiger charge is -2.38. The Kier molecular flexibility index (Phi) is 2.51. The molecule has 80 valence electrons. The molecule has 2 unspecified atom stereocenters. The molecule has 1 aromatic rings. The summed E-state index contributed by atoms with van der Waals surface area (Å²) in [6.45, 7) is 7.15. The molecule has 2 nitrogen and oxygen atoms in total. The van der Waals surface area contributed by atoms with Crippen LogP contribution in [0.15, 0.2) is 24.3 Å². The maximum atomic E-state index is 12.1. The fourth-order valence-electron chi connectivity index (χ4n) is 2.39. The fraction of sp³-hybridized carbons (Fsp3) is 0.462. The number of carbonyl (C=O) groups excluding carboxylic acids is 1. The molecule has 1 aliphatic rings. The first-order valence-electron chi connectivity index (χ1n) is 5.56. The quantitative estimate of drug-likeness (QED) is 0.687. The van der Waals surface area contributed by atoms with Crippen molar-refractivity contribution in [2.45, 2.75) is 32.7 Å². The summed E-state index contributed by atoms with van der Waals surface area (Å²) in [5.74, 6) is 0.609. The Morgan fingerprint density at radius 3 is 2.60 bits per heavy atom. The van der Waals surface area contributed by atoms with Crippen LogP contribution in [0.3, 0.4) is 0 Å². The van der Waals surface area contributed by atoms with Crippen LogP contribution in [0.4, 0.5) is 0 Å². The Morgan fingerprint density at radius 1 is 1.27 bits per heavy atom. The summed E-state index contributed by atoms with van der Waals surface area (Å²) in [4.78, 5) is 14.1. The van der Waals surface area contributed by atoms with E-state index in [9.17, 15) is 4.79 Å². The Balaban J connectivity index is 2.52. The second-order valence-corrected chi connectivity index (χ2v) is 4.21. The van der Waals surface area contributed by atoms with Crippen LogP contribution in [0.5, 0.6) is 0 Å². The topological polar surface area (TPSA) is 20.3 Å². The smallest absolute Gasteiger partial charge is 0.254 e. The molecular weight excluding hydrogens is 186 g/mol. The van der Waals surface area contributed by atoms with Crippen molar-refractivity contribution in [1.82, 2.24) is 4.90 Å². The first kappa shape index (κ1) is 10.2. The predicted molar refractivity (Wildman–Crippen MR) is 61.0 cm³/mol. The van der Waals surface area contributed by atoms with E-state index in [1.54, 1.807) is 0 Å². The van der Waals surface area contributed by atoms with Gasteiger partial charge in [-0.2, -0.15) is 0 Å². The molecule has 0 saturated heterocycles. The fourth-order valence-corrected chi connectivity index (χ4v) is 2.39. The normalized spacial score (nSPS) is 25.3. The minimum absolute atomic E-state index is 0.179. The van der Waals surface area contributed by atoms with E-state index in [0.717, 1.165) is 12.1 Å². The molecule has 0 N–H and O–H groups in total. The highest BCUT2D eigenvalue weighted by molar-refractivity contribution is 5.97. The van der Waals surface area contributed by atoms with Gasteiger partial charge in [-0.3, -0.25) is 4.79 Å². The highest BCUT2D eigenvalue weighted by Crippen LogP contribution is 2.32. The van der Waals surface area contributed by atoms with Gasteiger partial charge in [-0.1, -0.05) is 25.1 Å². The summed E-state index contributed by atoms with van der Waals surface area (Å²) in [6.07, 6.45) is 0. The summed E-state index contributed by atoms with van der Waals surface area (Å²) in [5.41, 5.74) is 2.07. The minimum Gasteiger partial charge on any atom is -0.336 e. The molecule has 2 rings (SSSR count). The van der Waals surface area contributed by atoms with Gasteiger partial charge in [0.2, 0.25) is 0 Å². The predicted octanol–water partition coefficient (Wildman–Crippen LogP) is 2.65. The van der Waals surface area contributed by atoms with Gasteiger partial charge in [0.1, 0.15) is 0 Å². The number of nitrogens with zero attached hydrogens (tertiary/aromatic N) is 1. The molecule has 0 saturated carbocycles. The number of likely N-dealkylation sites (N-methyl/N-ethyl adjacent to an activating group) is 1. The van der Waals surface area contributed by atoms with Crippen LogP contribution >= 0.6 is 0 Å². The van der Waals surface area contributed by atoms with E-state index in [1.165, 1.54) is 5.56 Å². The molecule has 2 atom stereocenters. The Labute approximate surface area is 90.9 Å². The second kappa shape index (κ2) is 3.69. The van der Waals surface area contributed by atoms with Crippen LogP contribution < -0.4 is 0 Å². The molecule has 1 aromatic carbocycles. The number of carbonyl (C=O) groups is 1. The van der Waals surface area contributed by atoms with Crippen LogP contribution in [-0.2, 0) is 0 Å². The van der Waals surface area contributed by atoms with Gasteiger partial charge >= 0.3 is 0 Å².